The van der Waals surface area contributed by atoms with Gasteiger partial charge in [-0.25, -0.2) is 0 Å². The van der Waals surface area contributed by atoms with Crippen molar-refractivity contribution in [2.24, 2.45) is 0 Å². The number of hydrogen-bond acceptors (Lipinski definition) is 0. The third-order valence-electron chi connectivity index (χ3n) is 6.13. The first-order valence-electron chi connectivity index (χ1n) is 12.6. The van der Waals surface area contributed by atoms with Crippen LogP contribution in [0.15, 0.2) is 118 Å². The maximum absolute atomic E-state index is 3.62. The molecule has 0 spiro atoms. The van der Waals surface area contributed by atoms with Crippen molar-refractivity contribution in [2.75, 3.05) is 0 Å². The molecule has 0 heterocycles. The van der Waals surface area contributed by atoms with Crippen LogP contribution >= 0.6 is 31.9 Å². The molecule has 0 aromatic heterocycles. The molecule has 204 valence electrons. The first-order valence-corrected chi connectivity index (χ1v) is 20.4. The van der Waals surface area contributed by atoms with E-state index in [-0.39, 0.29) is 30.2 Å². The summed E-state index contributed by atoms with van der Waals surface area (Å²) in [4.78, 5) is 0. The van der Waals surface area contributed by atoms with Crippen LogP contribution in [0.1, 0.15) is 11.1 Å². The molecule has 6 aromatic rings. The maximum Gasteiger partial charge on any atom is -0.0279 e. The Bertz CT molecular complexity index is 1560. The fourth-order valence-electron chi connectivity index (χ4n) is 4.56. The Kier molecular flexibility index (Phi) is 14.3. The molecular formula is C34H30Br2Cl2SiZr-2. The van der Waals surface area contributed by atoms with Crippen LogP contribution in [0, 0.1) is 13.8 Å². The molecule has 6 aromatic carbocycles. The molecule has 0 saturated carbocycles. The molecule has 0 atom stereocenters. The van der Waals surface area contributed by atoms with Gasteiger partial charge >= 0.3 is 41.9 Å². The van der Waals surface area contributed by atoms with Gasteiger partial charge in [-0.05, 0) is 11.1 Å². The monoisotopic (exact) mass is 784 g/mol. The van der Waals surface area contributed by atoms with E-state index in [1.54, 1.807) is 23.3 Å². The fourth-order valence-corrected chi connectivity index (χ4v) is 5.48. The van der Waals surface area contributed by atoms with Crippen LogP contribution < -0.4 is 24.8 Å². The van der Waals surface area contributed by atoms with Crippen molar-refractivity contribution in [3.63, 3.8) is 0 Å². The van der Waals surface area contributed by atoms with E-state index in [4.69, 9.17) is 0 Å². The topological polar surface area (TPSA) is 0 Å². The summed E-state index contributed by atoms with van der Waals surface area (Å²) in [7, 11) is 0. The molecule has 0 aliphatic carbocycles. The molecule has 0 aliphatic heterocycles. The summed E-state index contributed by atoms with van der Waals surface area (Å²) < 4.78 is 2.33. The summed E-state index contributed by atoms with van der Waals surface area (Å²) in [6.07, 6.45) is 0. The van der Waals surface area contributed by atoms with Crippen LogP contribution in [-0.2, 0) is 23.3 Å². The number of benzene rings is 4. The molecule has 0 aliphatic rings. The van der Waals surface area contributed by atoms with Crippen molar-refractivity contribution in [1.82, 2.24) is 0 Å². The van der Waals surface area contributed by atoms with Gasteiger partial charge in [-0.2, -0.15) is 12.1 Å². The van der Waals surface area contributed by atoms with Crippen LogP contribution in [-0.4, -0.2) is 5.43 Å². The summed E-state index contributed by atoms with van der Waals surface area (Å²) in [5.74, 6) is 0. The Morgan fingerprint density at radius 1 is 0.575 bits per heavy atom. The van der Waals surface area contributed by atoms with Crippen molar-refractivity contribution in [3.05, 3.63) is 129 Å². The normalized spacial score (nSPS) is 10.0. The quantitative estimate of drug-likeness (QED) is 0.163. The minimum Gasteiger partial charge on any atom is -1.00 e. The molecule has 0 amide bonds. The molecule has 0 N–H and O–H groups in total. The molecule has 0 unspecified atom stereocenters. The van der Waals surface area contributed by atoms with Crippen molar-refractivity contribution in [3.8, 4) is 22.3 Å². The molecule has 6 heteroatoms. The second kappa shape index (κ2) is 16.4. The molecule has 0 radical (unpaired) electrons. The van der Waals surface area contributed by atoms with Gasteiger partial charge in [-0.3, -0.25) is 0 Å². The standard InChI is InChI=1S/2C16H12Br.C2H6Si.2ClH.Zr/c2*1-11-9-14-13(12-5-3-2-4-6-12)7-8-16(17)15(14)10-11;1-3-2;;;/h2*2-10H,1H3;1-2H3;2*1H;/q2*-1;;;;+2/p-2. The number of fused-ring (bicyclic) bond motifs is 2. The van der Waals surface area contributed by atoms with Gasteiger partial charge in [0.1, 0.15) is 0 Å². The van der Waals surface area contributed by atoms with Crippen molar-refractivity contribution < 1.29 is 48.1 Å². The predicted octanol–water partition coefficient (Wildman–Crippen LogP) is 5.39. The minimum atomic E-state index is 0. The first kappa shape index (κ1) is 34.9. The van der Waals surface area contributed by atoms with E-state index in [1.807, 2.05) is 0 Å². The second-order valence-corrected chi connectivity index (χ2v) is 20.7. The van der Waals surface area contributed by atoms with Crippen LogP contribution in [0.2, 0.25) is 13.1 Å². The van der Waals surface area contributed by atoms with Gasteiger partial charge in [-0.15, -0.1) is 76.7 Å². The second-order valence-electron chi connectivity index (χ2n) is 9.64. The average Bonchev–Trinajstić information content (AvgIpc) is 3.49. The Morgan fingerprint density at radius 3 is 1.23 bits per heavy atom. The van der Waals surface area contributed by atoms with Gasteiger partial charge in [0.15, 0.2) is 0 Å². The number of hydrogen-bond donors (Lipinski definition) is 0. The van der Waals surface area contributed by atoms with E-state index in [2.05, 4.69) is 168 Å². The van der Waals surface area contributed by atoms with Crippen LogP contribution in [0.4, 0.5) is 0 Å². The van der Waals surface area contributed by atoms with Gasteiger partial charge < -0.3 is 24.8 Å². The molecule has 0 fully saturated rings. The van der Waals surface area contributed by atoms with E-state index in [0.717, 1.165) is 0 Å². The maximum atomic E-state index is 3.62. The molecule has 6 rings (SSSR count). The smallest absolute Gasteiger partial charge is 0.0279 e. The first-order chi connectivity index (χ1) is 18.2. The van der Waals surface area contributed by atoms with E-state index < -0.39 is 0 Å². The van der Waals surface area contributed by atoms with Crippen molar-refractivity contribution in [1.29, 1.82) is 0 Å². The fraction of sp³-hybridized carbons (Fsp3) is 0.118. The third kappa shape index (κ3) is 8.87. The molecular weight excluding hydrogens is 758 g/mol. The summed E-state index contributed by atoms with van der Waals surface area (Å²) in [5.41, 5.74) is 7.98. The van der Waals surface area contributed by atoms with Gasteiger partial charge in [0.2, 0.25) is 0 Å². The van der Waals surface area contributed by atoms with Gasteiger partial charge in [0.05, 0.1) is 0 Å². The van der Waals surface area contributed by atoms with Gasteiger partial charge in [0.25, 0.3) is 0 Å². The van der Waals surface area contributed by atoms with E-state index in [0.29, 0.717) is 0 Å². The molecule has 0 bridgehead atoms. The summed E-state index contributed by atoms with van der Waals surface area (Å²) >= 11 is 8.97. The number of halogens is 4. The molecule has 40 heavy (non-hydrogen) atoms. The average molecular weight is 789 g/mol. The zero-order chi connectivity index (χ0) is 27.2. The summed E-state index contributed by atoms with van der Waals surface area (Å²) in [6.45, 7) is 8.90. The minimum absolute atomic E-state index is 0. The Labute approximate surface area is 282 Å². The number of aryl methyl sites for hydroxylation is 2. The Hall–Kier alpha value is -1.26. The van der Waals surface area contributed by atoms with Crippen LogP contribution in [0.5, 0.6) is 0 Å². The number of rotatable bonds is 2. The third-order valence-corrected chi connectivity index (χ3v) is 7.51. The summed E-state index contributed by atoms with van der Waals surface area (Å²) in [6, 6.07) is 38.6. The van der Waals surface area contributed by atoms with Crippen LogP contribution in [0.3, 0.4) is 0 Å². The zero-order valence-corrected chi connectivity index (χ0v) is 31.0. The van der Waals surface area contributed by atoms with Crippen molar-refractivity contribution >= 4 is 58.8 Å². The van der Waals surface area contributed by atoms with E-state index in [9.17, 15) is 0 Å². The van der Waals surface area contributed by atoms with E-state index in [1.165, 1.54) is 63.9 Å². The summed E-state index contributed by atoms with van der Waals surface area (Å²) in [5, 5.41) is 5.24. The Morgan fingerprint density at radius 2 is 0.900 bits per heavy atom. The van der Waals surface area contributed by atoms with E-state index >= 15 is 0 Å². The van der Waals surface area contributed by atoms with Crippen molar-refractivity contribution in [2.45, 2.75) is 26.9 Å². The predicted molar refractivity (Wildman–Crippen MR) is 172 cm³/mol. The zero-order valence-electron chi connectivity index (χ0n) is 22.9. The largest absolute Gasteiger partial charge is 1.00 e. The van der Waals surface area contributed by atoms with Gasteiger partial charge in [-0.1, -0.05) is 119 Å². The van der Waals surface area contributed by atoms with Gasteiger partial charge in [0, 0.05) is 0 Å². The molecule has 0 saturated heterocycles. The van der Waals surface area contributed by atoms with Crippen LogP contribution in [0.25, 0.3) is 43.8 Å². The molecule has 0 nitrogen and oxygen atoms in total. The Balaban J connectivity index is 0.000000237. The SMILES string of the molecule is C[Si](C)=[Zr+2].Cc1cc2c(-c3ccccc3)ccc(Br)c2[cH-]1.Cc1cc2c(-c3ccccc3)ccc(Br)c2[cH-]1.[Cl-].[Cl-].